The SMILES string of the molecule is Cc1cccc(C)c1NCCNCCNc1c(C)cccc1C.[Cl-].[Cl-].[Co+2]. The van der Waals surface area contributed by atoms with E-state index in [1.165, 1.54) is 33.6 Å². The second kappa shape index (κ2) is 14.2. The van der Waals surface area contributed by atoms with Gasteiger partial charge in [-0.3, -0.25) is 0 Å². The van der Waals surface area contributed by atoms with Gasteiger partial charge in [0.2, 0.25) is 0 Å². The van der Waals surface area contributed by atoms with Crippen molar-refractivity contribution >= 4 is 11.4 Å². The average molecular weight is 441 g/mol. The van der Waals surface area contributed by atoms with Gasteiger partial charge in [0.1, 0.15) is 0 Å². The quantitative estimate of drug-likeness (QED) is 0.417. The zero-order valence-corrected chi connectivity index (χ0v) is 18.4. The number of hydrogen-bond donors (Lipinski definition) is 3. The van der Waals surface area contributed by atoms with Gasteiger partial charge in [-0.2, -0.15) is 0 Å². The average Bonchev–Trinajstić information content (AvgIpc) is 2.51. The summed E-state index contributed by atoms with van der Waals surface area (Å²) in [6, 6.07) is 12.8. The minimum absolute atomic E-state index is 0. The molecule has 0 amide bonds. The molecular formula is C20H29Cl2CoN3. The van der Waals surface area contributed by atoms with Crippen LogP contribution in [0.1, 0.15) is 22.3 Å². The summed E-state index contributed by atoms with van der Waals surface area (Å²) in [7, 11) is 0. The molecule has 3 nitrogen and oxygen atoms in total. The molecule has 26 heavy (non-hydrogen) atoms. The maximum Gasteiger partial charge on any atom is 2.00 e. The van der Waals surface area contributed by atoms with E-state index < -0.39 is 0 Å². The first-order valence-electron chi connectivity index (χ1n) is 8.40. The number of para-hydroxylation sites is 2. The van der Waals surface area contributed by atoms with Crippen LogP contribution < -0.4 is 40.8 Å². The van der Waals surface area contributed by atoms with Crippen molar-refractivity contribution in [2.45, 2.75) is 27.7 Å². The molecule has 0 saturated carbocycles. The fourth-order valence-electron chi connectivity index (χ4n) is 2.86. The van der Waals surface area contributed by atoms with Crippen LogP contribution in [0, 0.1) is 27.7 Å². The Morgan fingerprint density at radius 1 is 0.577 bits per heavy atom. The maximum absolute atomic E-state index is 3.53. The molecule has 0 aromatic heterocycles. The Kier molecular flexibility index (Phi) is 14.9. The number of benzene rings is 2. The topological polar surface area (TPSA) is 36.1 Å². The van der Waals surface area contributed by atoms with Crippen molar-refractivity contribution in [3.63, 3.8) is 0 Å². The molecule has 0 aliphatic heterocycles. The summed E-state index contributed by atoms with van der Waals surface area (Å²) in [5.74, 6) is 0. The van der Waals surface area contributed by atoms with Crippen LogP contribution in [-0.4, -0.2) is 26.2 Å². The van der Waals surface area contributed by atoms with Gasteiger partial charge in [0, 0.05) is 37.6 Å². The van der Waals surface area contributed by atoms with Crippen LogP contribution in [0.3, 0.4) is 0 Å². The standard InChI is InChI=1S/C20H29N3.2ClH.Co/c1-15-7-5-8-16(2)19(15)22-13-11-21-12-14-23-20-17(3)9-6-10-18(20)4;;;/h5-10,21-23H,11-14H2,1-4H3;2*1H;/q;;;+2/p-2. The van der Waals surface area contributed by atoms with Gasteiger partial charge in [0.15, 0.2) is 0 Å². The maximum atomic E-state index is 3.53. The Hall–Kier alpha value is -0.914. The van der Waals surface area contributed by atoms with E-state index in [9.17, 15) is 0 Å². The van der Waals surface area contributed by atoms with Gasteiger partial charge in [-0.1, -0.05) is 36.4 Å². The van der Waals surface area contributed by atoms with Crippen LogP contribution in [0.2, 0.25) is 0 Å². The van der Waals surface area contributed by atoms with E-state index in [1.54, 1.807) is 0 Å². The summed E-state index contributed by atoms with van der Waals surface area (Å²) in [6.45, 7) is 12.4. The third-order valence-electron chi connectivity index (χ3n) is 4.17. The van der Waals surface area contributed by atoms with Gasteiger partial charge < -0.3 is 40.8 Å². The molecule has 0 heterocycles. The fourth-order valence-corrected chi connectivity index (χ4v) is 2.86. The number of halogens is 2. The minimum Gasteiger partial charge on any atom is -1.00 e. The summed E-state index contributed by atoms with van der Waals surface area (Å²) in [4.78, 5) is 0. The van der Waals surface area contributed by atoms with E-state index in [-0.39, 0.29) is 41.6 Å². The molecule has 3 N–H and O–H groups in total. The molecule has 6 heteroatoms. The van der Waals surface area contributed by atoms with E-state index in [2.05, 4.69) is 80.0 Å². The second-order valence-corrected chi connectivity index (χ2v) is 6.14. The summed E-state index contributed by atoms with van der Waals surface area (Å²) in [5.41, 5.74) is 7.76. The zero-order valence-electron chi connectivity index (χ0n) is 15.9. The van der Waals surface area contributed by atoms with E-state index in [1.807, 2.05) is 0 Å². The van der Waals surface area contributed by atoms with Crippen molar-refractivity contribution in [2.75, 3.05) is 36.8 Å². The van der Waals surface area contributed by atoms with Crippen molar-refractivity contribution in [3.05, 3.63) is 58.7 Å². The first-order chi connectivity index (χ1) is 11.1. The van der Waals surface area contributed by atoms with Crippen molar-refractivity contribution in [3.8, 4) is 0 Å². The molecule has 2 aromatic carbocycles. The Morgan fingerprint density at radius 3 is 1.19 bits per heavy atom. The molecule has 0 bridgehead atoms. The monoisotopic (exact) mass is 440 g/mol. The number of anilines is 2. The summed E-state index contributed by atoms with van der Waals surface area (Å²) < 4.78 is 0. The second-order valence-electron chi connectivity index (χ2n) is 6.14. The summed E-state index contributed by atoms with van der Waals surface area (Å²) >= 11 is 0. The normalized spacial score (nSPS) is 9.38. The Morgan fingerprint density at radius 2 is 0.885 bits per heavy atom. The number of aryl methyl sites for hydroxylation is 4. The number of nitrogens with one attached hydrogen (secondary N) is 3. The van der Waals surface area contributed by atoms with Crippen molar-refractivity contribution in [1.82, 2.24) is 5.32 Å². The molecule has 147 valence electrons. The van der Waals surface area contributed by atoms with Crippen LogP contribution >= 0.6 is 0 Å². The molecule has 1 radical (unpaired) electrons. The smallest absolute Gasteiger partial charge is 1.00 e. The molecule has 2 aromatic rings. The van der Waals surface area contributed by atoms with E-state index >= 15 is 0 Å². The summed E-state index contributed by atoms with van der Waals surface area (Å²) in [5, 5.41) is 10.5. The molecular weight excluding hydrogens is 412 g/mol. The Labute approximate surface area is 181 Å². The molecule has 0 aliphatic carbocycles. The van der Waals surface area contributed by atoms with Crippen LogP contribution in [0.5, 0.6) is 0 Å². The van der Waals surface area contributed by atoms with Gasteiger partial charge >= 0.3 is 16.8 Å². The molecule has 0 spiro atoms. The molecule has 0 saturated heterocycles. The van der Waals surface area contributed by atoms with Crippen molar-refractivity contribution in [2.24, 2.45) is 0 Å². The van der Waals surface area contributed by atoms with Gasteiger partial charge in [-0.15, -0.1) is 0 Å². The van der Waals surface area contributed by atoms with E-state index in [4.69, 9.17) is 0 Å². The zero-order chi connectivity index (χ0) is 16.7. The summed E-state index contributed by atoms with van der Waals surface area (Å²) in [6.07, 6.45) is 0. The molecule has 0 unspecified atom stereocenters. The van der Waals surface area contributed by atoms with Crippen LogP contribution in [0.25, 0.3) is 0 Å². The van der Waals surface area contributed by atoms with Gasteiger partial charge in [0.05, 0.1) is 0 Å². The third kappa shape index (κ3) is 8.19. The van der Waals surface area contributed by atoms with Crippen LogP contribution in [0.4, 0.5) is 11.4 Å². The first kappa shape index (κ1) is 27.3. The predicted octanol–water partition coefficient (Wildman–Crippen LogP) is -1.96. The van der Waals surface area contributed by atoms with Gasteiger partial charge in [-0.25, -0.2) is 0 Å². The number of hydrogen-bond acceptors (Lipinski definition) is 3. The van der Waals surface area contributed by atoms with Gasteiger partial charge in [0.25, 0.3) is 0 Å². The predicted molar refractivity (Wildman–Crippen MR) is 102 cm³/mol. The van der Waals surface area contributed by atoms with Crippen molar-refractivity contribution in [1.29, 1.82) is 0 Å². The Balaban J connectivity index is 0. The molecule has 0 aliphatic rings. The molecule has 0 atom stereocenters. The van der Waals surface area contributed by atoms with Crippen LogP contribution in [0.15, 0.2) is 36.4 Å². The third-order valence-corrected chi connectivity index (χ3v) is 4.17. The molecule has 0 fully saturated rings. The van der Waals surface area contributed by atoms with E-state index in [0.717, 1.165) is 26.2 Å². The Bertz CT molecular complexity index is 555. The largest absolute Gasteiger partial charge is 2.00 e. The van der Waals surface area contributed by atoms with Crippen LogP contribution in [-0.2, 0) is 16.8 Å². The number of rotatable bonds is 8. The first-order valence-corrected chi connectivity index (χ1v) is 8.40. The van der Waals surface area contributed by atoms with Gasteiger partial charge in [-0.05, 0) is 49.9 Å². The molecule has 2 rings (SSSR count). The fraction of sp³-hybridized carbons (Fsp3) is 0.400. The van der Waals surface area contributed by atoms with Crippen molar-refractivity contribution < 1.29 is 41.6 Å². The minimum atomic E-state index is 0. The van der Waals surface area contributed by atoms with E-state index in [0.29, 0.717) is 0 Å².